The Bertz CT molecular complexity index is 511. The Balaban J connectivity index is 0.00000182. The lowest BCUT2D eigenvalue weighted by Crippen LogP contribution is -2.70. The van der Waals surface area contributed by atoms with E-state index in [1.54, 1.807) is 0 Å². The first kappa shape index (κ1) is 19.2. The number of ether oxygens (including phenoxy) is 1. The monoisotopic (exact) mass is 462 g/mol. The van der Waals surface area contributed by atoms with Crippen LogP contribution in [0.4, 0.5) is 0 Å². The van der Waals surface area contributed by atoms with Gasteiger partial charge in [0, 0.05) is 49.5 Å². The number of hydrogen-bond donors (Lipinski definition) is 3. The minimum atomic E-state index is 0. The van der Waals surface area contributed by atoms with E-state index >= 15 is 0 Å². The molecule has 0 aromatic carbocycles. The fourth-order valence-corrected chi connectivity index (χ4v) is 5.39. The standard InChI is InChI=1S/C18H30N4O2.HI/c1-2-19-17(21-12-5-6-14(23)20-11-12)22-15-13-7-10-24-16(13)18(15)8-3-4-9-18;/h12-13,15-16H,2-11H2,1H3,(H,20,23)(H2,19,21,22);1H. The molecule has 4 unspecified atom stereocenters. The fraction of sp³-hybridized carbons (Fsp3) is 0.889. The van der Waals surface area contributed by atoms with Gasteiger partial charge in [-0.1, -0.05) is 12.8 Å². The molecule has 25 heavy (non-hydrogen) atoms. The Morgan fingerprint density at radius 3 is 2.80 bits per heavy atom. The molecular weight excluding hydrogens is 431 g/mol. The number of piperidine rings is 1. The van der Waals surface area contributed by atoms with E-state index in [0.29, 0.717) is 36.4 Å². The molecule has 2 saturated carbocycles. The predicted molar refractivity (Wildman–Crippen MR) is 108 cm³/mol. The summed E-state index contributed by atoms with van der Waals surface area (Å²) in [4.78, 5) is 16.0. The normalized spacial score (nSPS) is 36.2. The first-order chi connectivity index (χ1) is 11.7. The summed E-state index contributed by atoms with van der Waals surface area (Å²) in [5.74, 6) is 1.71. The number of hydrogen-bond acceptors (Lipinski definition) is 3. The van der Waals surface area contributed by atoms with Crippen LogP contribution >= 0.6 is 24.0 Å². The smallest absolute Gasteiger partial charge is 0.220 e. The third-order valence-electron chi connectivity index (χ3n) is 6.50. The van der Waals surface area contributed by atoms with Crippen molar-refractivity contribution in [2.24, 2.45) is 16.3 Å². The maximum absolute atomic E-state index is 11.3. The molecule has 3 N–H and O–H groups in total. The molecule has 0 aromatic rings. The van der Waals surface area contributed by atoms with Crippen molar-refractivity contribution in [1.29, 1.82) is 0 Å². The fourth-order valence-electron chi connectivity index (χ4n) is 5.39. The average molecular weight is 462 g/mol. The summed E-state index contributed by atoms with van der Waals surface area (Å²) < 4.78 is 6.08. The minimum absolute atomic E-state index is 0. The summed E-state index contributed by atoms with van der Waals surface area (Å²) in [6.07, 6.45) is 8.33. The van der Waals surface area contributed by atoms with Gasteiger partial charge in [0.2, 0.25) is 5.91 Å². The van der Waals surface area contributed by atoms with Gasteiger partial charge in [-0.15, -0.1) is 24.0 Å². The van der Waals surface area contributed by atoms with Crippen LogP contribution in [0, 0.1) is 11.3 Å². The zero-order valence-electron chi connectivity index (χ0n) is 15.1. The van der Waals surface area contributed by atoms with Crippen LogP contribution in [0.3, 0.4) is 0 Å². The van der Waals surface area contributed by atoms with Crippen LogP contribution in [0.5, 0.6) is 0 Å². The molecule has 1 spiro atoms. The van der Waals surface area contributed by atoms with E-state index in [0.717, 1.165) is 25.5 Å². The lowest BCUT2D eigenvalue weighted by Gasteiger charge is -2.57. The van der Waals surface area contributed by atoms with Crippen molar-refractivity contribution >= 4 is 35.8 Å². The quantitative estimate of drug-likeness (QED) is 0.340. The van der Waals surface area contributed by atoms with Crippen molar-refractivity contribution in [2.75, 3.05) is 19.7 Å². The Kier molecular flexibility index (Phi) is 6.13. The van der Waals surface area contributed by atoms with Crippen molar-refractivity contribution in [3.63, 3.8) is 0 Å². The summed E-state index contributed by atoms with van der Waals surface area (Å²) in [6.45, 7) is 4.43. The molecule has 6 nitrogen and oxygen atoms in total. The zero-order valence-corrected chi connectivity index (χ0v) is 17.4. The summed E-state index contributed by atoms with van der Waals surface area (Å²) in [5, 5.41) is 10.3. The van der Waals surface area contributed by atoms with Crippen molar-refractivity contribution in [3.05, 3.63) is 0 Å². The highest BCUT2D eigenvalue weighted by molar-refractivity contribution is 14.0. The van der Waals surface area contributed by atoms with E-state index in [2.05, 4.69) is 27.9 Å². The number of amides is 1. The maximum Gasteiger partial charge on any atom is 0.220 e. The highest BCUT2D eigenvalue weighted by Crippen LogP contribution is 2.60. The van der Waals surface area contributed by atoms with Crippen LogP contribution < -0.4 is 16.0 Å². The van der Waals surface area contributed by atoms with Gasteiger partial charge in [-0.05, 0) is 32.6 Å². The molecule has 2 heterocycles. The molecule has 7 heteroatoms. The van der Waals surface area contributed by atoms with Gasteiger partial charge in [0.25, 0.3) is 0 Å². The highest BCUT2D eigenvalue weighted by Gasteiger charge is 2.65. The molecular formula is C18H31IN4O2. The molecule has 0 aromatic heterocycles. The molecule has 0 radical (unpaired) electrons. The van der Waals surface area contributed by atoms with Crippen molar-refractivity contribution in [1.82, 2.24) is 16.0 Å². The van der Waals surface area contributed by atoms with Gasteiger partial charge < -0.3 is 20.7 Å². The van der Waals surface area contributed by atoms with Crippen LogP contribution in [0.15, 0.2) is 4.99 Å². The molecule has 1 amide bonds. The third kappa shape index (κ3) is 3.50. The summed E-state index contributed by atoms with van der Waals surface area (Å²) in [5.41, 5.74) is 0.331. The molecule has 0 bridgehead atoms. The van der Waals surface area contributed by atoms with E-state index in [9.17, 15) is 4.79 Å². The zero-order chi connectivity index (χ0) is 16.6. The topological polar surface area (TPSA) is 74.8 Å². The van der Waals surface area contributed by atoms with Crippen molar-refractivity contribution in [3.8, 4) is 0 Å². The van der Waals surface area contributed by atoms with Gasteiger partial charge in [-0.2, -0.15) is 0 Å². The Morgan fingerprint density at radius 1 is 1.32 bits per heavy atom. The Morgan fingerprint density at radius 2 is 2.12 bits per heavy atom. The van der Waals surface area contributed by atoms with Gasteiger partial charge in [-0.3, -0.25) is 9.79 Å². The largest absolute Gasteiger partial charge is 0.377 e. The number of aliphatic imine (C=N–C) groups is 1. The molecule has 4 atom stereocenters. The molecule has 2 aliphatic carbocycles. The predicted octanol–water partition coefficient (Wildman–Crippen LogP) is 1.79. The van der Waals surface area contributed by atoms with E-state index in [1.807, 2.05) is 0 Å². The average Bonchev–Trinajstić information content (AvgIpc) is 3.23. The lowest BCUT2D eigenvalue weighted by atomic mass is 9.54. The van der Waals surface area contributed by atoms with Crippen LogP contribution in [0.1, 0.15) is 51.9 Å². The molecule has 2 aliphatic heterocycles. The van der Waals surface area contributed by atoms with Gasteiger partial charge >= 0.3 is 0 Å². The second-order valence-corrected chi connectivity index (χ2v) is 7.81. The van der Waals surface area contributed by atoms with E-state index < -0.39 is 0 Å². The molecule has 4 rings (SSSR count). The number of carbonyl (C=O) groups excluding carboxylic acids is 1. The second kappa shape index (κ2) is 7.98. The second-order valence-electron chi connectivity index (χ2n) is 7.81. The van der Waals surface area contributed by atoms with Crippen LogP contribution in [0.2, 0.25) is 0 Å². The number of nitrogens with one attached hydrogen (secondary N) is 3. The molecule has 4 aliphatic rings. The van der Waals surface area contributed by atoms with Gasteiger partial charge in [-0.25, -0.2) is 0 Å². The van der Waals surface area contributed by atoms with Gasteiger partial charge in [0.15, 0.2) is 5.96 Å². The molecule has 4 fully saturated rings. The van der Waals surface area contributed by atoms with Crippen LogP contribution in [-0.4, -0.2) is 49.8 Å². The minimum Gasteiger partial charge on any atom is -0.377 e. The number of carbonyl (C=O) groups is 1. The first-order valence-electron chi connectivity index (χ1n) is 9.69. The van der Waals surface area contributed by atoms with Gasteiger partial charge in [0.1, 0.15) is 0 Å². The van der Waals surface area contributed by atoms with Gasteiger partial charge in [0.05, 0.1) is 6.10 Å². The number of guanidine groups is 1. The number of halogens is 1. The third-order valence-corrected chi connectivity index (χ3v) is 6.50. The Labute approximate surface area is 167 Å². The van der Waals surface area contributed by atoms with E-state index in [1.165, 1.54) is 32.1 Å². The maximum atomic E-state index is 11.3. The van der Waals surface area contributed by atoms with Crippen LogP contribution in [-0.2, 0) is 9.53 Å². The molecule has 2 saturated heterocycles. The van der Waals surface area contributed by atoms with Crippen LogP contribution in [0.25, 0.3) is 0 Å². The van der Waals surface area contributed by atoms with Crippen molar-refractivity contribution in [2.45, 2.75) is 70.1 Å². The van der Waals surface area contributed by atoms with Crippen molar-refractivity contribution < 1.29 is 9.53 Å². The number of nitrogens with zero attached hydrogens (tertiary/aromatic N) is 1. The number of rotatable bonds is 3. The number of fused-ring (bicyclic) bond motifs is 2. The highest BCUT2D eigenvalue weighted by atomic mass is 127. The molecule has 142 valence electrons. The Hall–Kier alpha value is -0.570. The van der Waals surface area contributed by atoms with E-state index in [4.69, 9.17) is 4.74 Å². The lowest BCUT2D eigenvalue weighted by molar-refractivity contribution is -0.125. The summed E-state index contributed by atoms with van der Waals surface area (Å²) >= 11 is 0. The first-order valence-corrected chi connectivity index (χ1v) is 9.69. The van der Waals surface area contributed by atoms with E-state index in [-0.39, 0.29) is 35.9 Å². The summed E-state index contributed by atoms with van der Waals surface area (Å²) in [7, 11) is 0. The SMILES string of the molecule is CCN=C(NC1CCC(=O)NC1)NC1C2CCOC2C12CCCC2.I. The summed E-state index contributed by atoms with van der Waals surface area (Å²) in [6, 6.07) is 0.763.